The first-order valence-electron chi connectivity index (χ1n) is 6.74. The van der Waals surface area contributed by atoms with E-state index in [1.54, 1.807) is 6.92 Å². The van der Waals surface area contributed by atoms with Crippen molar-refractivity contribution in [1.29, 1.82) is 0 Å². The molecule has 0 saturated carbocycles. The minimum Gasteiger partial charge on any atom is -0.481 e. The van der Waals surface area contributed by atoms with Gasteiger partial charge in [0.05, 0.1) is 0 Å². The lowest BCUT2D eigenvalue weighted by molar-refractivity contribution is -0.127. The maximum atomic E-state index is 11.9. The van der Waals surface area contributed by atoms with E-state index in [0.717, 1.165) is 12.0 Å². The Morgan fingerprint density at radius 3 is 2.68 bits per heavy atom. The molecule has 0 aliphatic heterocycles. The zero-order valence-corrected chi connectivity index (χ0v) is 11.8. The van der Waals surface area contributed by atoms with Gasteiger partial charge in [0.1, 0.15) is 5.75 Å². The van der Waals surface area contributed by atoms with Gasteiger partial charge in [-0.15, -0.1) is 0 Å². The fraction of sp³-hybridized carbons (Fsp3) is 0.533. The molecule has 4 nitrogen and oxygen atoms in total. The van der Waals surface area contributed by atoms with Crippen molar-refractivity contribution in [2.75, 3.05) is 6.61 Å². The quantitative estimate of drug-likeness (QED) is 0.791. The highest BCUT2D eigenvalue weighted by Crippen LogP contribution is 2.19. The van der Waals surface area contributed by atoms with Crippen LogP contribution in [0.4, 0.5) is 0 Å². The summed E-state index contributed by atoms with van der Waals surface area (Å²) < 4.78 is 5.68. The molecule has 0 saturated heterocycles. The first-order chi connectivity index (χ1) is 9.08. The summed E-state index contributed by atoms with van der Waals surface area (Å²) >= 11 is 0. The lowest BCUT2D eigenvalue weighted by Crippen LogP contribution is -2.41. The third-order valence-electron chi connectivity index (χ3n) is 3.03. The fourth-order valence-electron chi connectivity index (χ4n) is 1.65. The van der Waals surface area contributed by atoms with Gasteiger partial charge in [0.25, 0.3) is 5.91 Å². The summed E-state index contributed by atoms with van der Waals surface area (Å²) in [5.41, 5.74) is 0.910. The monoisotopic (exact) mass is 265 g/mol. The smallest absolute Gasteiger partial charge is 0.260 e. The van der Waals surface area contributed by atoms with Crippen LogP contribution in [-0.2, 0) is 11.2 Å². The molecule has 0 aliphatic carbocycles. The standard InChI is InChI=1S/C15H23NO3/c1-4-11(2)16-15(18)12(3)19-14-8-6-5-7-13(14)9-10-17/h5-8,11-12,17H,4,9-10H2,1-3H3,(H,16,18). The zero-order chi connectivity index (χ0) is 14.3. The SMILES string of the molecule is CCC(C)NC(=O)C(C)Oc1ccccc1CCO. The van der Waals surface area contributed by atoms with Crippen LogP contribution in [0.25, 0.3) is 0 Å². The lowest BCUT2D eigenvalue weighted by atomic mass is 10.1. The molecule has 1 rings (SSSR count). The van der Waals surface area contributed by atoms with Gasteiger partial charge in [-0.2, -0.15) is 0 Å². The zero-order valence-electron chi connectivity index (χ0n) is 11.8. The molecule has 0 spiro atoms. The number of aliphatic hydroxyl groups is 1. The molecule has 106 valence electrons. The van der Waals surface area contributed by atoms with Crippen molar-refractivity contribution in [3.63, 3.8) is 0 Å². The van der Waals surface area contributed by atoms with Crippen molar-refractivity contribution in [1.82, 2.24) is 5.32 Å². The van der Waals surface area contributed by atoms with Crippen molar-refractivity contribution in [3.8, 4) is 5.75 Å². The summed E-state index contributed by atoms with van der Waals surface area (Å²) in [6.45, 7) is 5.78. The van der Waals surface area contributed by atoms with Gasteiger partial charge in [-0.25, -0.2) is 0 Å². The molecule has 19 heavy (non-hydrogen) atoms. The number of hydrogen-bond donors (Lipinski definition) is 2. The first kappa shape index (κ1) is 15.5. The minimum atomic E-state index is -0.547. The van der Waals surface area contributed by atoms with E-state index >= 15 is 0 Å². The number of carbonyl (C=O) groups is 1. The second-order valence-corrected chi connectivity index (χ2v) is 4.66. The highest BCUT2D eigenvalue weighted by atomic mass is 16.5. The molecule has 0 radical (unpaired) electrons. The van der Waals surface area contributed by atoms with Crippen LogP contribution in [0, 0.1) is 0 Å². The lowest BCUT2D eigenvalue weighted by Gasteiger charge is -2.19. The van der Waals surface area contributed by atoms with Crippen molar-refractivity contribution in [2.45, 2.75) is 45.8 Å². The molecular formula is C15H23NO3. The number of hydrogen-bond acceptors (Lipinski definition) is 3. The highest BCUT2D eigenvalue weighted by Gasteiger charge is 2.17. The van der Waals surface area contributed by atoms with Gasteiger partial charge in [-0.3, -0.25) is 4.79 Å². The molecule has 0 aliphatic rings. The van der Waals surface area contributed by atoms with Gasteiger partial charge in [0.2, 0.25) is 0 Å². The number of benzene rings is 1. The number of nitrogens with one attached hydrogen (secondary N) is 1. The molecule has 0 bridgehead atoms. The second-order valence-electron chi connectivity index (χ2n) is 4.66. The maximum absolute atomic E-state index is 11.9. The van der Waals surface area contributed by atoms with Crippen molar-refractivity contribution in [3.05, 3.63) is 29.8 Å². The van der Waals surface area contributed by atoms with Crippen molar-refractivity contribution >= 4 is 5.91 Å². The van der Waals surface area contributed by atoms with Crippen LogP contribution in [0.2, 0.25) is 0 Å². The summed E-state index contributed by atoms with van der Waals surface area (Å²) in [6.07, 6.45) is 0.865. The number of ether oxygens (including phenoxy) is 1. The molecule has 4 heteroatoms. The molecule has 1 aromatic rings. The molecule has 2 N–H and O–H groups in total. The predicted octanol–water partition coefficient (Wildman–Crippen LogP) is 1.90. The van der Waals surface area contributed by atoms with Crippen LogP contribution in [0.15, 0.2) is 24.3 Å². The van der Waals surface area contributed by atoms with Gasteiger partial charge in [0, 0.05) is 12.6 Å². The van der Waals surface area contributed by atoms with E-state index in [1.165, 1.54) is 0 Å². The Balaban J connectivity index is 2.65. The van der Waals surface area contributed by atoms with Crippen molar-refractivity contribution in [2.24, 2.45) is 0 Å². The number of aliphatic hydroxyl groups excluding tert-OH is 1. The fourth-order valence-corrected chi connectivity index (χ4v) is 1.65. The number of para-hydroxylation sites is 1. The van der Waals surface area contributed by atoms with Gasteiger partial charge < -0.3 is 15.2 Å². The van der Waals surface area contributed by atoms with Crippen LogP contribution in [-0.4, -0.2) is 29.8 Å². The average molecular weight is 265 g/mol. The Morgan fingerprint density at radius 1 is 1.37 bits per heavy atom. The van der Waals surface area contributed by atoms with E-state index < -0.39 is 6.10 Å². The van der Waals surface area contributed by atoms with E-state index in [0.29, 0.717) is 12.2 Å². The third-order valence-corrected chi connectivity index (χ3v) is 3.03. The van der Waals surface area contributed by atoms with Crippen LogP contribution < -0.4 is 10.1 Å². The molecule has 2 unspecified atom stereocenters. The van der Waals surface area contributed by atoms with E-state index in [2.05, 4.69) is 5.32 Å². The van der Waals surface area contributed by atoms with E-state index in [1.807, 2.05) is 38.1 Å². The largest absolute Gasteiger partial charge is 0.481 e. The second kappa shape index (κ2) is 7.79. The van der Waals surface area contributed by atoms with Gasteiger partial charge in [-0.1, -0.05) is 25.1 Å². The number of carbonyl (C=O) groups excluding carboxylic acids is 1. The van der Waals surface area contributed by atoms with Crippen LogP contribution >= 0.6 is 0 Å². The maximum Gasteiger partial charge on any atom is 0.260 e. The molecule has 0 heterocycles. The summed E-state index contributed by atoms with van der Waals surface area (Å²) in [5, 5.41) is 11.9. The Morgan fingerprint density at radius 2 is 2.05 bits per heavy atom. The number of rotatable bonds is 7. The first-order valence-corrected chi connectivity index (χ1v) is 6.74. The van der Waals surface area contributed by atoms with Gasteiger partial charge >= 0.3 is 0 Å². The predicted molar refractivity (Wildman–Crippen MR) is 75.2 cm³/mol. The molecule has 1 amide bonds. The Hall–Kier alpha value is -1.55. The van der Waals surface area contributed by atoms with E-state index in [4.69, 9.17) is 9.84 Å². The van der Waals surface area contributed by atoms with Gasteiger partial charge in [-0.05, 0) is 38.3 Å². The van der Waals surface area contributed by atoms with E-state index in [9.17, 15) is 4.79 Å². The summed E-state index contributed by atoms with van der Waals surface area (Å²) in [6, 6.07) is 7.60. The highest BCUT2D eigenvalue weighted by molar-refractivity contribution is 5.81. The van der Waals surface area contributed by atoms with Gasteiger partial charge in [0.15, 0.2) is 6.10 Å². The Kier molecular flexibility index (Phi) is 6.36. The summed E-state index contributed by atoms with van der Waals surface area (Å²) in [7, 11) is 0. The minimum absolute atomic E-state index is 0.0633. The molecule has 0 fully saturated rings. The topological polar surface area (TPSA) is 58.6 Å². The molecular weight excluding hydrogens is 242 g/mol. The van der Waals surface area contributed by atoms with Crippen molar-refractivity contribution < 1.29 is 14.6 Å². The summed E-state index contributed by atoms with van der Waals surface area (Å²) in [5.74, 6) is 0.538. The number of amides is 1. The average Bonchev–Trinajstić information content (AvgIpc) is 2.41. The molecule has 0 aromatic heterocycles. The van der Waals surface area contributed by atoms with Crippen LogP contribution in [0.1, 0.15) is 32.8 Å². The van der Waals surface area contributed by atoms with Crippen LogP contribution in [0.5, 0.6) is 5.75 Å². The molecule has 1 aromatic carbocycles. The normalized spacial score (nSPS) is 13.7. The van der Waals surface area contributed by atoms with E-state index in [-0.39, 0.29) is 18.6 Å². The van der Waals surface area contributed by atoms with Crippen LogP contribution in [0.3, 0.4) is 0 Å². The summed E-state index contributed by atoms with van der Waals surface area (Å²) in [4.78, 5) is 11.9. The Bertz CT molecular complexity index is 406. The Labute approximate surface area is 114 Å². The molecule has 2 atom stereocenters. The third kappa shape index (κ3) is 4.91.